The van der Waals surface area contributed by atoms with E-state index >= 15 is 0 Å². The number of ether oxygens (including phenoxy) is 1. The van der Waals surface area contributed by atoms with Crippen LogP contribution in [0.5, 0.6) is 0 Å². The number of rotatable bonds is 5. The summed E-state index contributed by atoms with van der Waals surface area (Å²) in [5.74, 6) is 0.534. The molecule has 0 saturated heterocycles. The van der Waals surface area contributed by atoms with Crippen molar-refractivity contribution in [3.05, 3.63) is 28.8 Å². The molecule has 1 saturated carbocycles. The lowest BCUT2D eigenvalue weighted by Crippen LogP contribution is -2.07. The minimum Gasteiger partial charge on any atom is -0.466 e. The van der Waals surface area contributed by atoms with E-state index in [9.17, 15) is 4.79 Å². The number of anilines is 1. The van der Waals surface area contributed by atoms with E-state index < -0.39 is 0 Å². The van der Waals surface area contributed by atoms with E-state index in [2.05, 4.69) is 19.1 Å². The summed E-state index contributed by atoms with van der Waals surface area (Å²) in [5, 5.41) is 0. The Morgan fingerprint density at radius 3 is 2.70 bits per heavy atom. The number of hydrogen-bond donors (Lipinski definition) is 1. The first kappa shape index (κ1) is 14.9. The summed E-state index contributed by atoms with van der Waals surface area (Å²) in [6.07, 6.45) is 6.29. The fourth-order valence-electron chi connectivity index (χ4n) is 3.16. The minimum atomic E-state index is -0.144. The van der Waals surface area contributed by atoms with Crippen LogP contribution in [-0.4, -0.2) is 12.6 Å². The van der Waals surface area contributed by atoms with Crippen molar-refractivity contribution in [2.75, 3.05) is 12.3 Å². The van der Waals surface area contributed by atoms with Crippen molar-refractivity contribution in [1.82, 2.24) is 0 Å². The van der Waals surface area contributed by atoms with E-state index in [1.165, 1.54) is 36.8 Å². The first-order chi connectivity index (χ1) is 9.61. The molecule has 0 bridgehead atoms. The molecule has 0 aromatic heterocycles. The monoisotopic (exact) mass is 275 g/mol. The summed E-state index contributed by atoms with van der Waals surface area (Å²) >= 11 is 0. The quantitative estimate of drug-likeness (QED) is 0.658. The molecule has 2 N–H and O–H groups in total. The van der Waals surface area contributed by atoms with Crippen molar-refractivity contribution in [3.8, 4) is 0 Å². The van der Waals surface area contributed by atoms with Gasteiger partial charge in [-0.2, -0.15) is 0 Å². The van der Waals surface area contributed by atoms with Gasteiger partial charge >= 0.3 is 5.97 Å². The Bertz CT molecular complexity index is 476. The molecule has 0 amide bonds. The molecule has 3 heteroatoms. The zero-order valence-electron chi connectivity index (χ0n) is 12.6. The van der Waals surface area contributed by atoms with Crippen LogP contribution in [-0.2, 0) is 16.0 Å². The van der Waals surface area contributed by atoms with Crippen LogP contribution in [0.3, 0.4) is 0 Å². The van der Waals surface area contributed by atoms with Crippen LogP contribution in [0, 0.1) is 6.92 Å². The van der Waals surface area contributed by atoms with Gasteiger partial charge in [-0.25, -0.2) is 0 Å². The van der Waals surface area contributed by atoms with Crippen molar-refractivity contribution in [2.45, 2.75) is 58.3 Å². The molecule has 1 aromatic rings. The molecule has 0 aliphatic heterocycles. The second-order valence-electron chi connectivity index (χ2n) is 5.69. The first-order valence-corrected chi connectivity index (χ1v) is 7.66. The normalized spacial score (nSPS) is 15.5. The summed E-state index contributed by atoms with van der Waals surface area (Å²) < 4.78 is 4.98. The third-order valence-corrected chi connectivity index (χ3v) is 4.23. The van der Waals surface area contributed by atoms with Gasteiger partial charge < -0.3 is 10.5 Å². The number of nitrogen functional groups attached to an aromatic ring is 1. The highest BCUT2D eigenvalue weighted by Crippen LogP contribution is 2.37. The van der Waals surface area contributed by atoms with Crippen LogP contribution in [0.15, 0.2) is 12.1 Å². The summed E-state index contributed by atoms with van der Waals surface area (Å²) in [7, 11) is 0. The predicted molar refractivity (Wildman–Crippen MR) is 81.8 cm³/mol. The number of nitrogens with two attached hydrogens (primary N) is 1. The molecule has 3 nitrogen and oxygen atoms in total. The van der Waals surface area contributed by atoms with E-state index in [0.29, 0.717) is 25.4 Å². The fraction of sp³-hybridized carbons (Fsp3) is 0.588. The largest absolute Gasteiger partial charge is 0.466 e. The third kappa shape index (κ3) is 3.53. The van der Waals surface area contributed by atoms with E-state index in [0.717, 1.165) is 11.3 Å². The summed E-state index contributed by atoms with van der Waals surface area (Å²) in [4.78, 5) is 11.5. The van der Waals surface area contributed by atoms with Crippen LogP contribution in [0.4, 0.5) is 5.69 Å². The highest BCUT2D eigenvalue weighted by atomic mass is 16.5. The van der Waals surface area contributed by atoms with Crippen LogP contribution in [0.1, 0.15) is 61.6 Å². The van der Waals surface area contributed by atoms with Crippen LogP contribution >= 0.6 is 0 Å². The van der Waals surface area contributed by atoms with Crippen molar-refractivity contribution in [2.24, 2.45) is 0 Å². The van der Waals surface area contributed by atoms with Gasteiger partial charge in [0.15, 0.2) is 0 Å². The minimum absolute atomic E-state index is 0.144. The van der Waals surface area contributed by atoms with Gasteiger partial charge in [0.1, 0.15) is 0 Å². The van der Waals surface area contributed by atoms with Gasteiger partial charge in [-0.3, -0.25) is 4.79 Å². The Kier molecular flexibility index (Phi) is 5.05. The predicted octanol–water partition coefficient (Wildman–Crippen LogP) is 3.73. The highest BCUT2D eigenvalue weighted by Gasteiger charge is 2.20. The van der Waals surface area contributed by atoms with E-state index in [-0.39, 0.29) is 5.97 Å². The Hall–Kier alpha value is -1.51. The van der Waals surface area contributed by atoms with Gasteiger partial charge in [0.25, 0.3) is 0 Å². The zero-order valence-corrected chi connectivity index (χ0v) is 12.6. The van der Waals surface area contributed by atoms with Gasteiger partial charge in [0, 0.05) is 12.1 Å². The lowest BCUT2D eigenvalue weighted by atomic mass is 9.90. The number of esters is 1. The zero-order chi connectivity index (χ0) is 14.5. The number of aryl methyl sites for hydroxylation is 2. The summed E-state index contributed by atoms with van der Waals surface area (Å²) in [6.45, 7) is 4.41. The molecule has 1 fully saturated rings. The standard InChI is InChI=1S/C17H25NO2/c1-3-20-17(19)9-8-14-11-15(12(2)10-16(14)18)13-6-4-5-7-13/h10-11,13H,3-9,18H2,1-2H3. The molecular weight excluding hydrogens is 250 g/mol. The maximum Gasteiger partial charge on any atom is 0.306 e. The fourth-order valence-corrected chi connectivity index (χ4v) is 3.16. The molecule has 2 rings (SSSR count). The molecule has 0 atom stereocenters. The average Bonchev–Trinajstić information content (AvgIpc) is 2.92. The molecule has 1 aromatic carbocycles. The van der Waals surface area contributed by atoms with Crippen molar-refractivity contribution < 1.29 is 9.53 Å². The molecule has 20 heavy (non-hydrogen) atoms. The maximum atomic E-state index is 11.5. The lowest BCUT2D eigenvalue weighted by molar-refractivity contribution is -0.143. The van der Waals surface area contributed by atoms with Gasteiger partial charge in [-0.15, -0.1) is 0 Å². The molecule has 0 spiro atoms. The number of carbonyl (C=O) groups excluding carboxylic acids is 1. The molecular formula is C17H25NO2. The van der Waals surface area contributed by atoms with E-state index in [1.54, 1.807) is 0 Å². The maximum absolute atomic E-state index is 11.5. The highest BCUT2D eigenvalue weighted by molar-refractivity contribution is 5.70. The SMILES string of the molecule is CCOC(=O)CCc1cc(C2CCCC2)c(C)cc1N. The van der Waals surface area contributed by atoms with Crippen LogP contribution < -0.4 is 5.73 Å². The van der Waals surface area contributed by atoms with Crippen molar-refractivity contribution in [3.63, 3.8) is 0 Å². The Labute approximate surface area is 121 Å². The summed E-state index contributed by atoms with van der Waals surface area (Å²) in [5.41, 5.74) is 10.7. The Morgan fingerprint density at radius 1 is 1.35 bits per heavy atom. The van der Waals surface area contributed by atoms with Crippen molar-refractivity contribution >= 4 is 11.7 Å². The van der Waals surface area contributed by atoms with Gasteiger partial charge in [-0.05, 0) is 61.8 Å². The number of hydrogen-bond acceptors (Lipinski definition) is 3. The lowest BCUT2D eigenvalue weighted by Gasteiger charge is -2.16. The van der Waals surface area contributed by atoms with Crippen LogP contribution in [0.2, 0.25) is 0 Å². The second kappa shape index (κ2) is 6.78. The molecule has 0 heterocycles. The van der Waals surface area contributed by atoms with Gasteiger partial charge in [0.2, 0.25) is 0 Å². The molecule has 1 aliphatic rings. The summed E-state index contributed by atoms with van der Waals surface area (Å²) in [6, 6.07) is 4.29. The number of carbonyl (C=O) groups is 1. The second-order valence-corrected chi connectivity index (χ2v) is 5.69. The smallest absolute Gasteiger partial charge is 0.306 e. The Balaban J connectivity index is 2.11. The number of benzene rings is 1. The molecule has 1 aliphatic carbocycles. The van der Waals surface area contributed by atoms with Crippen molar-refractivity contribution in [1.29, 1.82) is 0 Å². The van der Waals surface area contributed by atoms with E-state index in [1.807, 2.05) is 6.92 Å². The van der Waals surface area contributed by atoms with Gasteiger partial charge in [-0.1, -0.05) is 18.9 Å². The van der Waals surface area contributed by atoms with Crippen LogP contribution in [0.25, 0.3) is 0 Å². The Morgan fingerprint density at radius 2 is 2.05 bits per heavy atom. The molecule has 0 radical (unpaired) electrons. The third-order valence-electron chi connectivity index (χ3n) is 4.23. The first-order valence-electron chi connectivity index (χ1n) is 7.66. The molecule has 110 valence electrons. The topological polar surface area (TPSA) is 52.3 Å². The average molecular weight is 275 g/mol. The van der Waals surface area contributed by atoms with Gasteiger partial charge in [0.05, 0.1) is 6.61 Å². The van der Waals surface area contributed by atoms with E-state index in [4.69, 9.17) is 10.5 Å². The molecule has 0 unspecified atom stereocenters.